The molecule has 3 rings (SSSR count). The maximum atomic E-state index is 12.2. The molecule has 2 aromatic carbocycles. The Labute approximate surface area is 165 Å². The first-order chi connectivity index (χ1) is 12.5. The molecule has 1 aliphatic heterocycles. The van der Waals surface area contributed by atoms with Crippen LogP contribution in [-0.2, 0) is 4.79 Å². The van der Waals surface area contributed by atoms with Crippen LogP contribution in [0.4, 0.5) is 5.69 Å². The van der Waals surface area contributed by atoms with E-state index >= 15 is 0 Å². The lowest BCUT2D eigenvalue weighted by molar-refractivity contribution is -0.115. The third-order valence-corrected chi connectivity index (χ3v) is 4.90. The van der Waals surface area contributed by atoms with Crippen LogP contribution in [0.5, 0.6) is 11.5 Å². The number of carbonyl (C=O) groups is 1. The minimum atomic E-state index is -0.228. The zero-order valence-electron chi connectivity index (χ0n) is 13.9. The zero-order chi connectivity index (χ0) is 18.7. The van der Waals surface area contributed by atoms with E-state index in [0.29, 0.717) is 37.3 Å². The van der Waals surface area contributed by atoms with Crippen LogP contribution in [0.3, 0.4) is 0 Å². The number of methoxy groups -OCH3 is 2. The molecule has 0 bridgehead atoms. The van der Waals surface area contributed by atoms with Gasteiger partial charge in [-0.2, -0.15) is 0 Å². The molecule has 26 heavy (non-hydrogen) atoms. The van der Waals surface area contributed by atoms with Crippen molar-refractivity contribution in [2.24, 2.45) is 4.99 Å². The summed E-state index contributed by atoms with van der Waals surface area (Å²) < 4.78 is 10.5. The smallest absolute Gasteiger partial charge is 0.264 e. The van der Waals surface area contributed by atoms with Gasteiger partial charge in [0.1, 0.15) is 0 Å². The topological polar surface area (TPSA) is 59.9 Å². The summed E-state index contributed by atoms with van der Waals surface area (Å²) in [7, 11) is 3.04. The Morgan fingerprint density at radius 3 is 2.50 bits per heavy atom. The Balaban J connectivity index is 1.87. The summed E-state index contributed by atoms with van der Waals surface area (Å²) in [5.74, 6) is 0.712. The minimum absolute atomic E-state index is 0.228. The van der Waals surface area contributed by atoms with E-state index in [1.807, 2.05) is 0 Å². The van der Waals surface area contributed by atoms with Crippen molar-refractivity contribution in [1.82, 2.24) is 5.32 Å². The summed E-state index contributed by atoms with van der Waals surface area (Å²) >= 11 is 13.3. The van der Waals surface area contributed by atoms with Crippen molar-refractivity contribution in [1.29, 1.82) is 0 Å². The maximum Gasteiger partial charge on any atom is 0.264 e. The van der Waals surface area contributed by atoms with Crippen LogP contribution in [-0.4, -0.2) is 25.3 Å². The van der Waals surface area contributed by atoms with Crippen LogP contribution in [0.2, 0.25) is 10.0 Å². The number of aliphatic imine (C=N–C) groups is 1. The molecule has 1 fully saturated rings. The van der Waals surface area contributed by atoms with Gasteiger partial charge in [0, 0.05) is 5.02 Å². The molecule has 134 valence electrons. The van der Waals surface area contributed by atoms with Gasteiger partial charge in [0.25, 0.3) is 5.91 Å². The summed E-state index contributed by atoms with van der Waals surface area (Å²) in [5.41, 5.74) is 1.42. The van der Waals surface area contributed by atoms with Gasteiger partial charge >= 0.3 is 0 Å². The van der Waals surface area contributed by atoms with E-state index in [1.165, 1.54) is 26.0 Å². The Morgan fingerprint density at radius 2 is 1.85 bits per heavy atom. The van der Waals surface area contributed by atoms with Crippen molar-refractivity contribution in [3.05, 3.63) is 56.9 Å². The third-order valence-electron chi connectivity index (χ3n) is 3.46. The van der Waals surface area contributed by atoms with Crippen LogP contribution in [0.15, 0.2) is 46.3 Å². The number of amides is 1. The molecule has 0 saturated carbocycles. The van der Waals surface area contributed by atoms with E-state index in [2.05, 4.69) is 10.3 Å². The maximum absolute atomic E-state index is 12.2. The Bertz CT molecular complexity index is 911. The van der Waals surface area contributed by atoms with Gasteiger partial charge in [0.15, 0.2) is 16.7 Å². The summed E-state index contributed by atoms with van der Waals surface area (Å²) in [4.78, 5) is 17.1. The minimum Gasteiger partial charge on any atom is -0.493 e. The first-order valence-corrected chi connectivity index (χ1v) is 9.04. The second-order valence-electron chi connectivity index (χ2n) is 5.20. The van der Waals surface area contributed by atoms with E-state index in [9.17, 15) is 4.79 Å². The van der Waals surface area contributed by atoms with Gasteiger partial charge in [0.2, 0.25) is 0 Å². The summed E-state index contributed by atoms with van der Waals surface area (Å²) in [5, 5.41) is 4.26. The number of thioether (sulfide) groups is 1. The highest BCUT2D eigenvalue weighted by Gasteiger charge is 2.24. The zero-order valence-corrected chi connectivity index (χ0v) is 16.2. The second kappa shape index (κ2) is 8.03. The number of benzene rings is 2. The van der Waals surface area contributed by atoms with Crippen LogP contribution in [0.25, 0.3) is 6.08 Å². The van der Waals surface area contributed by atoms with Gasteiger partial charge in [-0.25, -0.2) is 4.99 Å². The van der Waals surface area contributed by atoms with Crippen molar-refractivity contribution in [2.45, 2.75) is 0 Å². The molecule has 0 unspecified atom stereocenters. The predicted octanol–water partition coefficient (Wildman–Crippen LogP) is 4.90. The van der Waals surface area contributed by atoms with E-state index in [1.54, 1.807) is 42.5 Å². The molecule has 0 aliphatic carbocycles. The van der Waals surface area contributed by atoms with Crippen LogP contribution in [0.1, 0.15) is 5.56 Å². The fourth-order valence-electron chi connectivity index (χ4n) is 2.29. The molecule has 0 spiro atoms. The summed E-state index contributed by atoms with van der Waals surface area (Å²) in [6, 6.07) is 10.5. The van der Waals surface area contributed by atoms with Crippen molar-refractivity contribution in [3.8, 4) is 11.5 Å². The molecule has 0 radical (unpaired) electrons. The van der Waals surface area contributed by atoms with E-state index < -0.39 is 0 Å². The van der Waals surface area contributed by atoms with Gasteiger partial charge in [0.05, 0.1) is 29.8 Å². The predicted molar refractivity (Wildman–Crippen MR) is 107 cm³/mol. The number of nitrogens with one attached hydrogen (secondary N) is 1. The summed E-state index contributed by atoms with van der Waals surface area (Å²) in [6.07, 6.45) is 1.72. The van der Waals surface area contributed by atoms with Crippen LogP contribution < -0.4 is 14.8 Å². The van der Waals surface area contributed by atoms with Crippen molar-refractivity contribution in [3.63, 3.8) is 0 Å². The van der Waals surface area contributed by atoms with E-state index in [-0.39, 0.29) is 5.91 Å². The second-order valence-corrected chi connectivity index (χ2v) is 7.07. The van der Waals surface area contributed by atoms with Gasteiger partial charge in [-0.3, -0.25) is 4.79 Å². The average Bonchev–Trinajstić information content (AvgIpc) is 2.95. The summed E-state index contributed by atoms with van der Waals surface area (Å²) in [6.45, 7) is 0. The fraction of sp³-hybridized carbons (Fsp3) is 0.111. The Hall–Kier alpha value is -2.15. The van der Waals surface area contributed by atoms with Crippen molar-refractivity contribution >= 4 is 57.8 Å². The van der Waals surface area contributed by atoms with Crippen LogP contribution >= 0.6 is 35.0 Å². The fourth-order valence-corrected chi connectivity index (χ4v) is 3.55. The number of hydrogen-bond acceptors (Lipinski definition) is 5. The molecule has 1 aliphatic rings. The molecular weight excluding hydrogens is 395 g/mol. The first kappa shape index (κ1) is 18.6. The normalized spacial score (nSPS) is 16.8. The monoisotopic (exact) mass is 408 g/mol. The largest absolute Gasteiger partial charge is 0.493 e. The molecule has 1 heterocycles. The molecule has 0 aromatic heterocycles. The van der Waals surface area contributed by atoms with Crippen molar-refractivity contribution in [2.75, 3.05) is 14.2 Å². The highest BCUT2D eigenvalue weighted by atomic mass is 35.5. The Kier molecular flexibility index (Phi) is 5.76. The number of carbonyl (C=O) groups excluding carboxylic acids is 1. The number of amidine groups is 1. The number of nitrogens with zero attached hydrogens (tertiary/aromatic N) is 1. The highest BCUT2D eigenvalue weighted by Crippen LogP contribution is 2.37. The SMILES string of the molecule is COc1cc(C=C2SC(=Nc3ccc(Cl)cc3)NC2=O)cc(Cl)c1OC. The molecule has 0 atom stereocenters. The van der Waals surface area contributed by atoms with E-state index in [4.69, 9.17) is 32.7 Å². The van der Waals surface area contributed by atoms with Gasteiger partial charge < -0.3 is 14.8 Å². The lowest BCUT2D eigenvalue weighted by atomic mass is 10.2. The van der Waals surface area contributed by atoms with Gasteiger partial charge in [-0.1, -0.05) is 23.2 Å². The number of rotatable bonds is 4. The van der Waals surface area contributed by atoms with Gasteiger partial charge in [-0.15, -0.1) is 0 Å². The quantitative estimate of drug-likeness (QED) is 0.730. The van der Waals surface area contributed by atoms with Crippen LogP contribution in [0, 0.1) is 0 Å². The number of ether oxygens (including phenoxy) is 2. The van der Waals surface area contributed by atoms with Gasteiger partial charge in [-0.05, 0) is 59.8 Å². The molecule has 1 N–H and O–H groups in total. The standard InChI is InChI=1S/C18H14Cl2N2O3S/c1-24-14-8-10(7-13(20)16(14)25-2)9-15-17(23)22-18(26-15)21-12-5-3-11(19)4-6-12/h3-9H,1-2H3,(H,21,22,23). The molecule has 1 saturated heterocycles. The lowest BCUT2D eigenvalue weighted by Gasteiger charge is -2.10. The highest BCUT2D eigenvalue weighted by molar-refractivity contribution is 8.18. The average molecular weight is 409 g/mol. The molecule has 8 heteroatoms. The lowest BCUT2D eigenvalue weighted by Crippen LogP contribution is -2.19. The number of halogens is 2. The van der Waals surface area contributed by atoms with E-state index in [0.717, 1.165) is 5.56 Å². The van der Waals surface area contributed by atoms with Crippen molar-refractivity contribution < 1.29 is 14.3 Å². The number of hydrogen-bond donors (Lipinski definition) is 1. The third kappa shape index (κ3) is 4.15. The Morgan fingerprint density at radius 1 is 1.12 bits per heavy atom. The first-order valence-electron chi connectivity index (χ1n) is 7.47. The molecule has 1 amide bonds. The molecular formula is C18H14Cl2N2O3S. The molecule has 5 nitrogen and oxygen atoms in total. The molecule has 2 aromatic rings.